The van der Waals surface area contributed by atoms with Gasteiger partial charge >= 0.3 is 15.6 Å². The van der Waals surface area contributed by atoms with Gasteiger partial charge in [-0.3, -0.25) is 4.18 Å². The van der Waals surface area contributed by atoms with Crippen molar-refractivity contribution in [2.75, 3.05) is 6.61 Å². The summed E-state index contributed by atoms with van der Waals surface area (Å²) in [6.07, 6.45) is -1.64. The third-order valence-corrected chi connectivity index (χ3v) is 2.65. The summed E-state index contributed by atoms with van der Waals surface area (Å²) in [4.78, 5) is 0. The van der Waals surface area contributed by atoms with Gasteiger partial charge < -0.3 is 4.74 Å². The zero-order valence-electron chi connectivity index (χ0n) is 6.54. The molecule has 1 saturated heterocycles. The zero-order valence-corrected chi connectivity index (χ0v) is 7.35. The van der Waals surface area contributed by atoms with E-state index in [-0.39, 0.29) is 6.61 Å². The van der Waals surface area contributed by atoms with Crippen molar-refractivity contribution in [3.8, 4) is 0 Å². The van der Waals surface area contributed by atoms with Crippen molar-refractivity contribution in [3.63, 3.8) is 0 Å². The maximum Gasteiger partial charge on any atom is 0.523 e. The number of ether oxygens (including phenoxy) is 1. The van der Waals surface area contributed by atoms with Gasteiger partial charge in [0.25, 0.3) is 0 Å². The SMILES string of the molecule is CC1OCC1OS(=O)(=O)C(F)(F)F. The standard InChI is InChI=1S/C5H7F3O4S/c1-3-4(2-11-3)12-13(9,10)5(6,7)8/h3-4H,2H2,1H3. The second-order valence-corrected chi connectivity index (χ2v) is 4.14. The third-order valence-electron chi connectivity index (χ3n) is 1.58. The Morgan fingerprint density at radius 1 is 1.46 bits per heavy atom. The molecule has 8 heteroatoms. The molecule has 2 atom stereocenters. The van der Waals surface area contributed by atoms with Gasteiger partial charge in [0.15, 0.2) is 0 Å². The van der Waals surface area contributed by atoms with Crippen LogP contribution in [0.4, 0.5) is 13.2 Å². The summed E-state index contributed by atoms with van der Waals surface area (Å²) in [7, 11) is -5.47. The van der Waals surface area contributed by atoms with E-state index in [1.165, 1.54) is 6.92 Å². The van der Waals surface area contributed by atoms with Crippen molar-refractivity contribution >= 4 is 10.1 Å². The van der Waals surface area contributed by atoms with Crippen LogP contribution in [-0.2, 0) is 19.0 Å². The highest BCUT2D eigenvalue weighted by Gasteiger charge is 2.50. The van der Waals surface area contributed by atoms with Crippen molar-refractivity contribution in [3.05, 3.63) is 0 Å². The highest BCUT2D eigenvalue weighted by atomic mass is 32.2. The number of hydrogen-bond acceptors (Lipinski definition) is 4. The first kappa shape index (κ1) is 10.7. The lowest BCUT2D eigenvalue weighted by molar-refractivity contribution is -0.146. The quantitative estimate of drug-likeness (QED) is 0.506. The molecule has 1 fully saturated rings. The fourth-order valence-electron chi connectivity index (χ4n) is 0.691. The summed E-state index contributed by atoms with van der Waals surface area (Å²) >= 11 is 0. The molecular weight excluding hydrogens is 213 g/mol. The van der Waals surface area contributed by atoms with Crippen LogP contribution >= 0.6 is 0 Å². The lowest BCUT2D eigenvalue weighted by Crippen LogP contribution is -2.47. The van der Waals surface area contributed by atoms with E-state index in [9.17, 15) is 21.6 Å². The molecule has 4 nitrogen and oxygen atoms in total. The van der Waals surface area contributed by atoms with Crippen molar-refractivity contribution in [2.24, 2.45) is 0 Å². The lowest BCUT2D eigenvalue weighted by Gasteiger charge is -2.32. The smallest absolute Gasteiger partial charge is 0.373 e. The van der Waals surface area contributed by atoms with Crippen LogP contribution in [0.25, 0.3) is 0 Å². The summed E-state index contributed by atoms with van der Waals surface area (Å²) < 4.78 is 64.5. The van der Waals surface area contributed by atoms with Gasteiger partial charge in [-0.1, -0.05) is 0 Å². The predicted octanol–water partition coefficient (Wildman–Crippen LogP) is 0.640. The molecule has 0 bridgehead atoms. The molecule has 0 N–H and O–H groups in total. The summed E-state index contributed by atoms with van der Waals surface area (Å²) in [5, 5.41) is 0. The first-order chi connectivity index (χ1) is 5.74. The van der Waals surface area contributed by atoms with Gasteiger partial charge in [0.2, 0.25) is 0 Å². The van der Waals surface area contributed by atoms with Crippen LogP contribution in [0, 0.1) is 0 Å². The molecule has 1 rings (SSSR count). The minimum Gasteiger partial charge on any atom is -0.373 e. The highest BCUT2D eigenvalue weighted by molar-refractivity contribution is 7.87. The molecule has 78 valence electrons. The third kappa shape index (κ3) is 2.12. The molecule has 0 aliphatic carbocycles. The van der Waals surface area contributed by atoms with E-state index in [4.69, 9.17) is 0 Å². The molecule has 1 aliphatic rings. The number of hydrogen-bond donors (Lipinski definition) is 0. The lowest BCUT2D eigenvalue weighted by atomic mass is 10.2. The van der Waals surface area contributed by atoms with Gasteiger partial charge in [0.05, 0.1) is 12.7 Å². The van der Waals surface area contributed by atoms with Crippen LogP contribution in [0.2, 0.25) is 0 Å². The summed E-state index contributed by atoms with van der Waals surface area (Å²) in [5.41, 5.74) is -5.36. The monoisotopic (exact) mass is 220 g/mol. The van der Waals surface area contributed by atoms with Gasteiger partial charge in [-0.05, 0) is 6.92 Å². The van der Waals surface area contributed by atoms with Gasteiger partial charge in [0, 0.05) is 0 Å². The minimum absolute atomic E-state index is 0.128. The molecule has 0 aromatic heterocycles. The molecule has 0 spiro atoms. The second-order valence-electron chi connectivity index (χ2n) is 2.57. The Labute approximate surface area is 72.8 Å². The van der Waals surface area contributed by atoms with E-state index in [0.717, 1.165) is 0 Å². The van der Waals surface area contributed by atoms with Crippen LogP contribution in [0.5, 0.6) is 0 Å². The van der Waals surface area contributed by atoms with Crippen LogP contribution in [0.1, 0.15) is 6.92 Å². The number of alkyl halides is 3. The molecule has 0 amide bonds. The van der Waals surface area contributed by atoms with E-state index in [2.05, 4.69) is 8.92 Å². The summed E-state index contributed by atoms with van der Waals surface area (Å²) in [6.45, 7) is 1.30. The van der Waals surface area contributed by atoms with Crippen molar-refractivity contribution in [2.45, 2.75) is 24.6 Å². The van der Waals surface area contributed by atoms with Gasteiger partial charge in [-0.25, -0.2) is 0 Å². The van der Waals surface area contributed by atoms with Gasteiger partial charge in [-0.2, -0.15) is 21.6 Å². The predicted molar refractivity (Wildman–Crippen MR) is 35.3 cm³/mol. The largest absolute Gasteiger partial charge is 0.523 e. The van der Waals surface area contributed by atoms with Crippen molar-refractivity contribution in [1.29, 1.82) is 0 Å². The maximum atomic E-state index is 11.7. The Kier molecular flexibility index (Phi) is 2.56. The van der Waals surface area contributed by atoms with Gasteiger partial charge in [-0.15, -0.1) is 0 Å². The topological polar surface area (TPSA) is 52.6 Å². The van der Waals surface area contributed by atoms with Crippen LogP contribution in [0.15, 0.2) is 0 Å². The molecular formula is C5H7F3O4S. The first-order valence-electron chi connectivity index (χ1n) is 3.35. The average molecular weight is 220 g/mol. The second kappa shape index (κ2) is 3.10. The fourth-order valence-corrected chi connectivity index (χ4v) is 1.34. The fraction of sp³-hybridized carbons (Fsp3) is 1.00. The van der Waals surface area contributed by atoms with Crippen LogP contribution in [-0.4, -0.2) is 32.7 Å². The molecule has 0 radical (unpaired) electrons. The Morgan fingerprint density at radius 2 is 2.00 bits per heavy atom. The Balaban J connectivity index is 2.63. The van der Waals surface area contributed by atoms with E-state index < -0.39 is 27.8 Å². The van der Waals surface area contributed by atoms with Crippen molar-refractivity contribution < 1.29 is 30.5 Å². The van der Waals surface area contributed by atoms with Crippen molar-refractivity contribution in [1.82, 2.24) is 0 Å². The molecule has 13 heavy (non-hydrogen) atoms. The summed E-state index contributed by atoms with van der Waals surface area (Å²) in [5.74, 6) is 0. The van der Waals surface area contributed by atoms with Crippen LogP contribution < -0.4 is 0 Å². The summed E-state index contributed by atoms with van der Waals surface area (Å²) in [6, 6.07) is 0. The molecule has 0 saturated carbocycles. The minimum atomic E-state index is -5.47. The molecule has 1 aliphatic heterocycles. The Morgan fingerprint density at radius 3 is 2.23 bits per heavy atom. The molecule has 2 unspecified atom stereocenters. The van der Waals surface area contributed by atoms with Gasteiger partial charge in [0.1, 0.15) is 6.10 Å². The van der Waals surface area contributed by atoms with Crippen LogP contribution in [0.3, 0.4) is 0 Å². The van der Waals surface area contributed by atoms with E-state index in [1.807, 2.05) is 0 Å². The van der Waals surface area contributed by atoms with E-state index in [1.54, 1.807) is 0 Å². The number of halogens is 3. The van der Waals surface area contributed by atoms with E-state index in [0.29, 0.717) is 0 Å². The average Bonchev–Trinajstić information content (AvgIpc) is 1.95. The van der Waals surface area contributed by atoms with E-state index >= 15 is 0 Å². The molecule has 0 aromatic carbocycles. The zero-order chi connectivity index (χ0) is 10.3. The highest BCUT2D eigenvalue weighted by Crippen LogP contribution is 2.28. The number of rotatable bonds is 2. The normalized spacial score (nSPS) is 29.8. The Bertz CT molecular complexity index is 283. The molecule has 1 heterocycles. The Hall–Kier alpha value is -0.340. The maximum absolute atomic E-state index is 11.7. The molecule has 0 aromatic rings. The first-order valence-corrected chi connectivity index (χ1v) is 4.76.